The van der Waals surface area contributed by atoms with Crippen LogP contribution in [-0.4, -0.2) is 35.4 Å². The highest BCUT2D eigenvalue weighted by Crippen LogP contribution is 2.28. The van der Waals surface area contributed by atoms with Crippen LogP contribution in [0, 0.1) is 16.0 Å². The van der Waals surface area contributed by atoms with E-state index in [1.807, 2.05) is 31.2 Å². The quantitative estimate of drug-likeness (QED) is 0.382. The second kappa shape index (κ2) is 9.78. The smallest absolute Gasteiger partial charge is 0.312 e. The van der Waals surface area contributed by atoms with Crippen molar-refractivity contribution in [2.45, 2.75) is 32.8 Å². The zero-order valence-corrected chi connectivity index (χ0v) is 18.3. The van der Waals surface area contributed by atoms with E-state index in [-0.39, 0.29) is 35.3 Å². The van der Waals surface area contributed by atoms with Crippen LogP contribution in [0.1, 0.15) is 25.8 Å². The molecule has 2 atom stereocenters. The number of nitro benzene ring substituents is 1. The standard InChI is InChI=1S/C22H22ClN3O6/c1-3-14-4-6-16(7-5-14)25-12-15(10-20(25)27)22(29)32-13(2)21(28)24-19-11-17(26(30)31)8-9-18(19)23/h4-9,11,13,15H,3,10,12H2,1-2H3,(H,24,28). The number of amides is 2. The molecule has 1 saturated heterocycles. The van der Waals surface area contributed by atoms with E-state index in [0.29, 0.717) is 5.69 Å². The van der Waals surface area contributed by atoms with Gasteiger partial charge >= 0.3 is 5.97 Å². The molecule has 0 bridgehead atoms. The third-order valence-electron chi connectivity index (χ3n) is 5.20. The summed E-state index contributed by atoms with van der Waals surface area (Å²) in [5.74, 6) is -2.27. The number of esters is 1. The van der Waals surface area contributed by atoms with E-state index in [1.165, 1.54) is 24.0 Å². The Hall–Kier alpha value is -3.46. The molecule has 0 spiro atoms. The maximum Gasteiger partial charge on any atom is 0.312 e. The second-order valence-corrected chi connectivity index (χ2v) is 7.82. The van der Waals surface area contributed by atoms with Crippen molar-refractivity contribution in [3.05, 3.63) is 63.2 Å². The number of benzene rings is 2. The number of aryl methyl sites for hydroxylation is 1. The van der Waals surface area contributed by atoms with E-state index < -0.39 is 28.8 Å². The topological polar surface area (TPSA) is 119 Å². The highest BCUT2D eigenvalue weighted by atomic mass is 35.5. The zero-order valence-electron chi connectivity index (χ0n) is 17.5. The maximum atomic E-state index is 12.5. The summed E-state index contributed by atoms with van der Waals surface area (Å²) < 4.78 is 5.25. The van der Waals surface area contributed by atoms with Crippen LogP contribution in [0.15, 0.2) is 42.5 Å². The van der Waals surface area contributed by atoms with Crippen molar-refractivity contribution < 1.29 is 24.0 Å². The molecule has 2 amide bonds. The van der Waals surface area contributed by atoms with Gasteiger partial charge in [-0.25, -0.2) is 0 Å². The molecule has 0 saturated carbocycles. The number of hydrogen-bond acceptors (Lipinski definition) is 6. The van der Waals surface area contributed by atoms with Crippen molar-refractivity contribution in [3.8, 4) is 0 Å². The molecule has 9 nitrogen and oxygen atoms in total. The fourth-order valence-corrected chi connectivity index (χ4v) is 3.47. The number of carbonyl (C=O) groups excluding carboxylic acids is 3. The summed E-state index contributed by atoms with van der Waals surface area (Å²) in [5.41, 5.74) is 1.63. The maximum absolute atomic E-state index is 12.5. The average Bonchev–Trinajstić information content (AvgIpc) is 3.16. The van der Waals surface area contributed by atoms with Crippen molar-refractivity contribution in [1.82, 2.24) is 0 Å². The fourth-order valence-electron chi connectivity index (χ4n) is 3.31. The lowest BCUT2D eigenvalue weighted by molar-refractivity contribution is -0.384. The Kier molecular flexibility index (Phi) is 7.09. The molecule has 1 aliphatic heterocycles. The predicted molar refractivity (Wildman–Crippen MR) is 119 cm³/mol. The van der Waals surface area contributed by atoms with E-state index in [9.17, 15) is 24.5 Å². The summed E-state index contributed by atoms with van der Waals surface area (Å²) in [6.45, 7) is 3.57. The molecule has 1 aliphatic rings. The number of nitro groups is 1. The Morgan fingerprint density at radius 2 is 1.97 bits per heavy atom. The van der Waals surface area contributed by atoms with Crippen molar-refractivity contribution in [2.75, 3.05) is 16.8 Å². The molecule has 2 aromatic carbocycles. The number of anilines is 2. The minimum absolute atomic E-state index is 0.0145. The molecular weight excluding hydrogens is 438 g/mol. The summed E-state index contributed by atoms with van der Waals surface area (Å²) in [4.78, 5) is 49.2. The second-order valence-electron chi connectivity index (χ2n) is 7.42. The molecule has 0 radical (unpaired) electrons. The predicted octanol–water partition coefficient (Wildman–Crippen LogP) is 3.73. The number of nitrogens with zero attached hydrogens (tertiary/aromatic N) is 2. The molecule has 1 fully saturated rings. The van der Waals surface area contributed by atoms with Crippen molar-refractivity contribution in [1.29, 1.82) is 0 Å². The van der Waals surface area contributed by atoms with Gasteiger partial charge in [-0.05, 0) is 37.1 Å². The first-order valence-corrected chi connectivity index (χ1v) is 10.4. The fraction of sp³-hybridized carbons (Fsp3) is 0.318. The van der Waals surface area contributed by atoms with E-state index in [2.05, 4.69) is 5.32 Å². The van der Waals surface area contributed by atoms with Gasteiger partial charge in [0.05, 0.1) is 21.6 Å². The molecule has 2 unspecified atom stereocenters. The van der Waals surface area contributed by atoms with Crippen LogP contribution >= 0.6 is 11.6 Å². The van der Waals surface area contributed by atoms with Crippen LogP contribution in [0.2, 0.25) is 5.02 Å². The Labute approximate surface area is 189 Å². The van der Waals surface area contributed by atoms with E-state index in [1.54, 1.807) is 0 Å². The Morgan fingerprint density at radius 3 is 2.59 bits per heavy atom. The summed E-state index contributed by atoms with van der Waals surface area (Å²) in [6, 6.07) is 11.1. The molecule has 168 valence electrons. The Bertz CT molecular complexity index is 1060. The number of nitrogens with one attached hydrogen (secondary N) is 1. The monoisotopic (exact) mass is 459 g/mol. The van der Waals surface area contributed by atoms with Gasteiger partial charge in [0.15, 0.2) is 6.10 Å². The highest BCUT2D eigenvalue weighted by molar-refractivity contribution is 6.33. The lowest BCUT2D eigenvalue weighted by Crippen LogP contribution is -2.33. The lowest BCUT2D eigenvalue weighted by atomic mass is 10.1. The lowest BCUT2D eigenvalue weighted by Gasteiger charge is -2.18. The third-order valence-corrected chi connectivity index (χ3v) is 5.53. The number of non-ortho nitro benzene ring substituents is 1. The number of halogens is 1. The van der Waals surface area contributed by atoms with Crippen LogP contribution < -0.4 is 10.2 Å². The largest absolute Gasteiger partial charge is 0.452 e. The molecule has 1 N–H and O–H groups in total. The van der Waals surface area contributed by atoms with Crippen LogP contribution in [0.5, 0.6) is 0 Å². The van der Waals surface area contributed by atoms with E-state index in [4.69, 9.17) is 16.3 Å². The first-order valence-electron chi connectivity index (χ1n) is 10.0. The number of rotatable bonds is 7. The van der Waals surface area contributed by atoms with Crippen molar-refractivity contribution in [3.63, 3.8) is 0 Å². The third kappa shape index (κ3) is 5.23. The van der Waals surface area contributed by atoms with Gasteiger partial charge in [-0.1, -0.05) is 30.7 Å². The first-order chi connectivity index (χ1) is 15.2. The van der Waals surface area contributed by atoms with Gasteiger partial charge < -0.3 is 15.0 Å². The van der Waals surface area contributed by atoms with E-state index >= 15 is 0 Å². The highest BCUT2D eigenvalue weighted by Gasteiger charge is 2.37. The number of carbonyl (C=O) groups is 3. The SMILES string of the molecule is CCc1ccc(N2CC(C(=O)OC(C)C(=O)Nc3cc([N+](=O)[O-])ccc3Cl)CC2=O)cc1. The first kappa shape index (κ1) is 23.2. The van der Waals surface area contributed by atoms with Crippen LogP contribution in [0.25, 0.3) is 0 Å². The van der Waals surface area contributed by atoms with Crippen LogP contribution in [0.4, 0.5) is 17.1 Å². The molecule has 2 aromatic rings. The number of hydrogen-bond donors (Lipinski definition) is 1. The molecular formula is C22H22ClN3O6. The molecule has 1 heterocycles. The van der Waals surface area contributed by atoms with Crippen LogP contribution in [-0.2, 0) is 25.5 Å². The summed E-state index contributed by atoms with van der Waals surface area (Å²) in [6.07, 6.45) is -0.324. The number of ether oxygens (including phenoxy) is 1. The minimum atomic E-state index is -1.19. The zero-order chi connectivity index (χ0) is 23.4. The molecule has 3 rings (SSSR count). The van der Waals surface area contributed by atoms with Gasteiger partial charge in [-0.15, -0.1) is 0 Å². The van der Waals surface area contributed by atoms with Gasteiger partial charge in [0, 0.05) is 30.8 Å². The normalized spacial score (nSPS) is 16.5. The average molecular weight is 460 g/mol. The Balaban J connectivity index is 1.60. The molecule has 32 heavy (non-hydrogen) atoms. The van der Waals surface area contributed by atoms with Gasteiger partial charge in [0.25, 0.3) is 11.6 Å². The van der Waals surface area contributed by atoms with Crippen molar-refractivity contribution in [2.24, 2.45) is 5.92 Å². The van der Waals surface area contributed by atoms with Gasteiger partial charge in [-0.3, -0.25) is 24.5 Å². The molecule has 10 heteroatoms. The van der Waals surface area contributed by atoms with Gasteiger partial charge in [0.1, 0.15) is 0 Å². The van der Waals surface area contributed by atoms with Gasteiger partial charge in [-0.2, -0.15) is 0 Å². The molecule has 0 aliphatic carbocycles. The van der Waals surface area contributed by atoms with Gasteiger partial charge in [0.2, 0.25) is 5.91 Å². The molecule has 0 aromatic heterocycles. The Morgan fingerprint density at radius 1 is 1.28 bits per heavy atom. The summed E-state index contributed by atoms with van der Waals surface area (Å²) in [5, 5.41) is 13.4. The summed E-state index contributed by atoms with van der Waals surface area (Å²) >= 11 is 5.98. The van der Waals surface area contributed by atoms with E-state index in [0.717, 1.165) is 18.1 Å². The minimum Gasteiger partial charge on any atom is -0.452 e. The van der Waals surface area contributed by atoms with Crippen LogP contribution in [0.3, 0.4) is 0 Å². The van der Waals surface area contributed by atoms with Crippen molar-refractivity contribution >= 4 is 46.4 Å². The summed E-state index contributed by atoms with van der Waals surface area (Å²) in [7, 11) is 0.